The number of hydrogen-bond donors (Lipinski definition) is 1. The molecule has 0 unspecified atom stereocenters. The van der Waals surface area contributed by atoms with Crippen molar-refractivity contribution in [2.75, 3.05) is 51.7 Å². The molecule has 148 valence electrons. The van der Waals surface area contributed by atoms with Crippen LogP contribution < -0.4 is 10.1 Å². The average molecular weight is 400 g/mol. The summed E-state index contributed by atoms with van der Waals surface area (Å²) >= 11 is 5.91. The van der Waals surface area contributed by atoms with Crippen LogP contribution in [0.25, 0.3) is 6.08 Å². The van der Waals surface area contributed by atoms with Gasteiger partial charge in [-0.25, -0.2) is 0 Å². The molecule has 1 saturated heterocycles. The Balaban J connectivity index is 1.40. The minimum atomic E-state index is -0.0133. The van der Waals surface area contributed by atoms with Crippen molar-refractivity contribution in [2.45, 2.75) is 0 Å². The minimum absolute atomic E-state index is 0.0133. The molecule has 0 atom stereocenters. The molecule has 0 aromatic heterocycles. The maximum atomic E-state index is 12.3. The Bertz CT molecular complexity index is 800. The maximum absolute atomic E-state index is 12.3. The second-order valence-corrected chi connectivity index (χ2v) is 7.22. The topological polar surface area (TPSA) is 44.8 Å². The lowest BCUT2D eigenvalue weighted by atomic mass is 10.2. The van der Waals surface area contributed by atoms with Gasteiger partial charge in [-0.2, -0.15) is 0 Å². The Morgan fingerprint density at radius 3 is 2.46 bits per heavy atom. The van der Waals surface area contributed by atoms with Gasteiger partial charge in [0.05, 0.1) is 19.3 Å². The molecule has 0 saturated carbocycles. The van der Waals surface area contributed by atoms with Gasteiger partial charge >= 0.3 is 0 Å². The van der Waals surface area contributed by atoms with Crippen LogP contribution in [0.5, 0.6) is 5.75 Å². The molecule has 1 aliphatic rings. The van der Waals surface area contributed by atoms with Crippen molar-refractivity contribution in [1.82, 2.24) is 9.80 Å². The van der Waals surface area contributed by atoms with Crippen molar-refractivity contribution in [3.8, 4) is 5.75 Å². The first kappa shape index (κ1) is 20.4. The molecule has 5 nitrogen and oxygen atoms in total. The number of carbonyl (C=O) groups excluding carboxylic acids is 1. The SMILES string of the molecule is COc1ccccc1NC(=O)CN1CCN(CC=Cc2ccc(Cl)cc2)CC1. The van der Waals surface area contributed by atoms with E-state index in [1.165, 1.54) is 0 Å². The third-order valence-corrected chi connectivity index (χ3v) is 5.01. The Kier molecular flexibility index (Phi) is 7.48. The number of nitrogens with zero attached hydrogens (tertiary/aromatic N) is 2. The van der Waals surface area contributed by atoms with E-state index in [1.807, 2.05) is 48.5 Å². The van der Waals surface area contributed by atoms with Gasteiger partial charge in [-0.1, -0.05) is 48.0 Å². The van der Waals surface area contributed by atoms with E-state index in [-0.39, 0.29) is 5.91 Å². The monoisotopic (exact) mass is 399 g/mol. The van der Waals surface area contributed by atoms with Crippen molar-refractivity contribution in [3.05, 3.63) is 65.2 Å². The highest BCUT2D eigenvalue weighted by Crippen LogP contribution is 2.22. The summed E-state index contributed by atoms with van der Waals surface area (Å²) in [6.07, 6.45) is 4.29. The van der Waals surface area contributed by atoms with Gasteiger partial charge < -0.3 is 10.1 Å². The molecule has 0 spiro atoms. The zero-order chi connectivity index (χ0) is 19.8. The second kappa shape index (κ2) is 10.3. The van der Waals surface area contributed by atoms with Crippen molar-refractivity contribution in [2.24, 2.45) is 0 Å². The van der Waals surface area contributed by atoms with E-state index in [1.54, 1.807) is 7.11 Å². The largest absolute Gasteiger partial charge is 0.495 e. The van der Waals surface area contributed by atoms with E-state index in [4.69, 9.17) is 16.3 Å². The van der Waals surface area contributed by atoms with Gasteiger partial charge in [0.2, 0.25) is 5.91 Å². The third kappa shape index (κ3) is 6.09. The quantitative estimate of drug-likeness (QED) is 0.772. The Labute approximate surface area is 171 Å². The molecule has 1 amide bonds. The summed E-state index contributed by atoms with van der Waals surface area (Å²) in [4.78, 5) is 16.9. The van der Waals surface area contributed by atoms with Crippen LogP contribution in [-0.4, -0.2) is 62.1 Å². The van der Waals surface area contributed by atoms with Gasteiger partial charge in [-0.05, 0) is 29.8 Å². The molecule has 28 heavy (non-hydrogen) atoms. The van der Waals surface area contributed by atoms with Crippen molar-refractivity contribution in [3.63, 3.8) is 0 Å². The zero-order valence-electron chi connectivity index (χ0n) is 16.1. The van der Waals surface area contributed by atoms with Crippen LogP contribution in [0.1, 0.15) is 5.56 Å². The lowest BCUT2D eigenvalue weighted by Gasteiger charge is -2.33. The predicted octanol–water partition coefficient (Wildman–Crippen LogP) is 3.62. The summed E-state index contributed by atoms with van der Waals surface area (Å²) in [5.74, 6) is 0.661. The number of rotatable bonds is 7. The van der Waals surface area contributed by atoms with E-state index >= 15 is 0 Å². The molecule has 1 aliphatic heterocycles. The fourth-order valence-corrected chi connectivity index (χ4v) is 3.31. The van der Waals surface area contributed by atoms with Gasteiger partial charge in [0.1, 0.15) is 5.75 Å². The fraction of sp³-hybridized carbons (Fsp3) is 0.318. The van der Waals surface area contributed by atoms with Crippen LogP contribution >= 0.6 is 11.6 Å². The molecular weight excluding hydrogens is 374 g/mol. The number of ether oxygens (including phenoxy) is 1. The van der Waals surface area contributed by atoms with Gasteiger partial charge in [0, 0.05) is 37.7 Å². The van der Waals surface area contributed by atoms with E-state index in [0.29, 0.717) is 18.0 Å². The smallest absolute Gasteiger partial charge is 0.238 e. The highest BCUT2D eigenvalue weighted by Gasteiger charge is 2.18. The number of piperazine rings is 1. The van der Waals surface area contributed by atoms with Crippen LogP contribution in [0, 0.1) is 0 Å². The molecular formula is C22H26ClN3O2. The molecule has 1 heterocycles. The van der Waals surface area contributed by atoms with Crippen molar-refractivity contribution < 1.29 is 9.53 Å². The third-order valence-electron chi connectivity index (χ3n) is 4.76. The normalized spacial score (nSPS) is 15.6. The van der Waals surface area contributed by atoms with Crippen molar-refractivity contribution >= 4 is 29.3 Å². The first-order valence-corrected chi connectivity index (χ1v) is 9.81. The standard InChI is InChI=1S/C22H26ClN3O2/c1-28-21-7-3-2-6-20(21)24-22(27)17-26-15-13-25(14-16-26)12-4-5-18-8-10-19(23)11-9-18/h2-11H,12-17H2,1H3,(H,24,27). The predicted molar refractivity (Wildman–Crippen MR) is 115 cm³/mol. The van der Waals surface area contributed by atoms with Crippen LogP contribution in [0.15, 0.2) is 54.6 Å². The summed E-state index contributed by atoms with van der Waals surface area (Å²) in [5.41, 5.74) is 1.86. The van der Waals surface area contributed by atoms with Gasteiger partial charge in [0.15, 0.2) is 0 Å². The van der Waals surface area contributed by atoms with E-state index in [2.05, 4.69) is 27.3 Å². The highest BCUT2D eigenvalue weighted by molar-refractivity contribution is 6.30. The summed E-state index contributed by atoms with van der Waals surface area (Å²) in [6, 6.07) is 15.3. The molecule has 3 rings (SSSR count). The lowest BCUT2D eigenvalue weighted by Crippen LogP contribution is -2.48. The Hall–Kier alpha value is -2.34. The van der Waals surface area contributed by atoms with Crippen LogP contribution in [0.3, 0.4) is 0 Å². The molecule has 0 bridgehead atoms. The molecule has 1 N–H and O–H groups in total. The summed E-state index contributed by atoms with van der Waals surface area (Å²) in [7, 11) is 1.60. The molecule has 6 heteroatoms. The van der Waals surface area contributed by atoms with Gasteiger partial charge in [0.25, 0.3) is 0 Å². The number of methoxy groups -OCH3 is 1. The molecule has 0 aliphatic carbocycles. The fourth-order valence-electron chi connectivity index (χ4n) is 3.18. The molecule has 1 fully saturated rings. The first-order chi connectivity index (χ1) is 13.6. The minimum Gasteiger partial charge on any atom is -0.495 e. The first-order valence-electron chi connectivity index (χ1n) is 9.44. The maximum Gasteiger partial charge on any atom is 0.238 e. The number of hydrogen-bond acceptors (Lipinski definition) is 4. The number of anilines is 1. The Morgan fingerprint density at radius 2 is 1.75 bits per heavy atom. The summed E-state index contributed by atoms with van der Waals surface area (Å²) < 4.78 is 5.28. The molecule has 2 aromatic carbocycles. The second-order valence-electron chi connectivity index (χ2n) is 6.78. The number of amides is 1. The number of benzene rings is 2. The van der Waals surface area contributed by atoms with Crippen LogP contribution in [-0.2, 0) is 4.79 Å². The van der Waals surface area contributed by atoms with E-state index in [0.717, 1.165) is 43.3 Å². The highest BCUT2D eigenvalue weighted by atomic mass is 35.5. The van der Waals surface area contributed by atoms with Crippen LogP contribution in [0.2, 0.25) is 5.02 Å². The Morgan fingerprint density at radius 1 is 1.07 bits per heavy atom. The number of carbonyl (C=O) groups is 1. The average Bonchev–Trinajstić information content (AvgIpc) is 2.71. The molecule has 2 aromatic rings. The van der Waals surface area contributed by atoms with E-state index < -0.39 is 0 Å². The van der Waals surface area contributed by atoms with Crippen molar-refractivity contribution in [1.29, 1.82) is 0 Å². The summed E-state index contributed by atoms with van der Waals surface area (Å²) in [6.45, 7) is 4.97. The van der Waals surface area contributed by atoms with Gasteiger partial charge in [-0.15, -0.1) is 0 Å². The summed E-state index contributed by atoms with van der Waals surface area (Å²) in [5, 5.41) is 3.69. The molecule has 0 radical (unpaired) electrons. The lowest BCUT2D eigenvalue weighted by molar-refractivity contribution is -0.117. The number of nitrogens with one attached hydrogen (secondary N) is 1. The van der Waals surface area contributed by atoms with E-state index in [9.17, 15) is 4.79 Å². The van der Waals surface area contributed by atoms with Gasteiger partial charge in [-0.3, -0.25) is 14.6 Å². The zero-order valence-corrected chi connectivity index (χ0v) is 16.9. The van der Waals surface area contributed by atoms with Crippen LogP contribution in [0.4, 0.5) is 5.69 Å². The number of halogens is 1. The number of para-hydroxylation sites is 2.